The molecule has 1 fully saturated rings. The van der Waals surface area contributed by atoms with Crippen LogP contribution in [0.5, 0.6) is 0 Å². The van der Waals surface area contributed by atoms with E-state index in [2.05, 4.69) is 0 Å². The first-order valence-electron chi connectivity index (χ1n) is 4.54. The predicted octanol–water partition coefficient (Wildman–Crippen LogP) is -0.0860. The number of sulfone groups is 1. The maximum atomic E-state index is 10.9. The Labute approximate surface area is 88.9 Å². The molecular formula is C8H16O4S2. The molecule has 4 nitrogen and oxygen atoms in total. The van der Waals surface area contributed by atoms with Crippen molar-refractivity contribution < 1.29 is 18.3 Å². The molecule has 2 atom stereocenters. The lowest BCUT2D eigenvalue weighted by Gasteiger charge is -2.26. The van der Waals surface area contributed by atoms with Crippen molar-refractivity contribution in [1.29, 1.82) is 0 Å². The molecule has 1 heterocycles. The average molecular weight is 240 g/mol. The lowest BCUT2D eigenvalue weighted by Crippen LogP contribution is -2.36. The van der Waals surface area contributed by atoms with E-state index in [0.717, 1.165) is 11.5 Å². The summed E-state index contributed by atoms with van der Waals surface area (Å²) in [5.41, 5.74) is 0. The monoisotopic (exact) mass is 240 g/mol. The van der Waals surface area contributed by atoms with Gasteiger partial charge >= 0.3 is 0 Å². The zero-order chi connectivity index (χ0) is 10.6. The minimum atomic E-state index is -2.98. The molecule has 0 bridgehead atoms. The van der Waals surface area contributed by atoms with Gasteiger partial charge in [-0.05, 0) is 6.42 Å². The van der Waals surface area contributed by atoms with E-state index in [-0.39, 0.29) is 18.3 Å². The van der Waals surface area contributed by atoms with Gasteiger partial charge in [-0.2, -0.15) is 11.8 Å². The summed E-state index contributed by atoms with van der Waals surface area (Å²) in [5, 5.41) is 9.63. The van der Waals surface area contributed by atoms with E-state index in [4.69, 9.17) is 4.74 Å². The minimum Gasteiger partial charge on any atom is -0.390 e. The molecule has 0 aromatic heterocycles. The number of thioether (sulfide) groups is 1. The van der Waals surface area contributed by atoms with Crippen molar-refractivity contribution in [2.75, 3.05) is 30.1 Å². The van der Waals surface area contributed by atoms with E-state index >= 15 is 0 Å². The highest BCUT2D eigenvalue weighted by Crippen LogP contribution is 2.17. The average Bonchev–Trinajstić information content (AvgIpc) is 2.14. The number of hydrogen-bond acceptors (Lipinski definition) is 5. The fourth-order valence-electron chi connectivity index (χ4n) is 1.25. The molecule has 1 N–H and O–H groups in total. The van der Waals surface area contributed by atoms with Crippen LogP contribution in [0, 0.1) is 0 Å². The third kappa shape index (κ3) is 4.63. The molecule has 6 heteroatoms. The zero-order valence-electron chi connectivity index (χ0n) is 8.18. The van der Waals surface area contributed by atoms with E-state index in [0.29, 0.717) is 6.61 Å². The topological polar surface area (TPSA) is 63.6 Å². The second kappa shape index (κ2) is 5.34. The van der Waals surface area contributed by atoms with Crippen molar-refractivity contribution in [2.45, 2.75) is 18.6 Å². The van der Waals surface area contributed by atoms with Crippen molar-refractivity contribution in [3.8, 4) is 0 Å². The smallest absolute Gasteiger partial charge is 0.147 e. The number of rotatable bonds is 4. The fraction of sp³-hybridized carbons (Fsp3) is 1.00. The molecule has 0 amide bonds. The summed E-state index contributed by atoms with van der Waals surface area (Å²) in [7, 11) is -2.98. The Morgan fingerprint density at radius 1 is 1.64 bits per heavy atom. The number of hydrogen-bond donors (Lipinski definition) is 1. The SMILES string of the molecule is CS(=O)(=O)CCC(O)C1CSCCO1. The van der Waals surface area contributed by atoms with Crippen LogP contribution < -0.4 is 0 Å². The van der Waals surface area contributed by atoms with Gasteiger partial charge in [0.15, 0.2) is 0 Å². The van der Waals surface area contributed by atoms with Crippen LogP contribution in [0.2, 0.25) is 0 Å². The number of ether oxygens (including phenoxy) is 1. The number of aliphatic hydroxyl groups excluding tert-OH is 1. The second-order valence-electron chi connectivity index (χ2n) is 3.47. The minimum absolute atomic E-state index is 0.0265. The molecule has 14 heavy (non-hydrogen) atoms. The fourth-order valence-corrected chi connectivity index (χ4v) is 2.85. The molecule has 0 spiro atoms. The first-order chi connectivity index (χ1) is 6.49. The van der Waals surface area contributed by atoms with Gasteiger partial charge in [0.1, 0.15) is 9.84 Å². The third-order valence-corrected chi connectivity index (χ3v) is 4.05. The molecular weight excluding hydrogens is 224 g/mol. The summed E-state index contributed by atoms with van der Waals surface area (Å²) < 4.78 is 27.1. The maximum absolute atomic E-state index is 10.9. The van der Waals surface area contributed by atoms with Crippen LogP contribution in [-0.4, -0.2) is 55.9 Å². The molecule has 84 valence electrons. The molecule has 1 rings (SSSR count). The van der Waals surface area contributed by atoms with E-state index < -0.39 is 15.9 Å². The largest absolute Gasteiger partial charge is 0.390 e. The quantitative estimate of drug-likeness (QED) is 0.744. The summed E-state index contributed by atoms with van der Waals surface area (Å²) in [5.74, 6) is 1.74. The molecule has 0 saturated carbocycles. The standard InChI is InChI=1S/C8H16O4S2/c1-14(10,11)5-2-7(9)8-6-13-4-3-12-8/h7-9H,2-6H2,1H3. The van der Waals surface area contributed by atoms with Crippen LogP contribution in [-0.2, 0) is 14.6 Å². The summed E-state index contributed by atoms with van der Waals surface area (Å²) in [6.45, 7) is 0.644. The van der Waals surface area contributed by atoms with E-state index in [1.54, 1.807) is 11.8 Å². The van der Waals surface area contributed by atoms with Gasteiger partial charge in [-0.3, -0.25) is 0 Å². The predicted molar refractivity (Wildman–Crippen MR) is 57.4 cm³/mol. The highest BCUT2D eigenvalue weighted by Gasteiger charge is 2.23. The Morgan fingerprint density at radius 2 is 2.36 bits per heavy atom. The Bertz CT molecular complexity index is 257. The van der Waals surface area contributed by atoms with E-state index in [9.17, 15) is 13.5 Å². The zero-order valence-corrected chi connectivity index (χ0v) is 9.81. The molecule has 1 aliphatic heterocycles. The van der Waals surface area contributed by atoms with Crippen LogP contribution >= 0.6 is 11.8 Å². The molecule has 0 aliphatic carbocycles. The summed E-state index contributed by atoms with van der Waals surface area (Å²) in [6.07, 6.45) is 0.591. The van der Waals surface area contributed by atoms with Gasteiger partial charge in [-0.25, -0.2) is 8.42 Å². The Hall–Kier alpha value is 0.220. The van der Waals surface area contributed by atoms with Gasteiger partial charge in [0, 0.05) is 17.8 Å². The molecule has 1 saturated heterocycles. The van der Waals surface area contributed by atoms with Gasteiger partial charge in [0.25, 0.3) is 0 Å². The van der Waals surface area contributed by atoms with Crippen LogP contribution in [0.4, 0.5) is 0 Å². The molecule has 0 aromatic carbocycles. The van der Waals surface area contributed by atoms with Gasteiger partial charge in [0.2, 0.25) is 0 Å². The number of aliphatic hydroxyl groups is 1. The third-order valence-electron chi connectivity index (χ3n) is 2.06. The molecule has 0 aromatic rings. The van der Waals surface area contributed by atoms with Crippen molar-refractivity contribution in [2.24, 2.45) is 0 Å². The second-order valence-corrected chi connectivity index (χ2v) is 6.88. The highest BCUT2D eigenvalue weighted by atomic mass is 32.2. The lowest BCUT2D eigenvalue weighted by atomic mass is 10.2. The first kappa shape index (κ1) is 12.3. The summed E-state index contributed by atoms with van der Waals surface area (Å²) >= 11 is 1.73. The van der Waals surface area contributed by atoms with E-state index in [1.807, 2.05) is 0 Å². The lowest BCUT2D eigenvalue weighted by molar-refractivity contribution is -0.0221. The Morgan fingerprint density at radius 3 is 2.86 bits per heavy atom. The van der Waals surface area contributed by atoms with Gasteiger partial charge in [-0.15, -0.1) is 0 Å². The molecule has 0 radical (unpaired) electrons. The van der Waals surface area contributed by atoms with Crippen molar-refractivity contribution in [3.63, 3.8) is 0 Å². The van der Waals surface area contributed by atoms with Gasteiger partial charge in [-0.1, -0.05) is 0 Å². The Balaban J connectivity index is 2.30. The van der Waals surface area contributed by atoms with Crippen LogP contribution in [0.3, 0.4) is 0 Å². The van der Waals surface area contributed by atoms with Crippen LogP contribution in [0.1, 0.15) is 6.42 Å². The highest BCUT2D eigenvalue weighted by molar-refractivity contribution is 7.99. The molecule has 2 unspecified atom stereocenters. The van der Waals surface area contributed by atoms with Crippen LogP contribution in [0.25, 0.3) is 0 Å². The van der Waals surface area contributed by atoms with Gasteiger partial charge < -0.3 is 9.84 Å². The van der Waals surface area contributed by atoms with Crippen LogP contribution in [0.15, 0.2) is 0 Å². The molecule has 1 aliphatic rings. The van der Waals surface area contributed by atoms with E-state index in [1.165, 1.54) is 6.26 Å². The normalized spacial score (nSPS) is 26.0. The van der Waals surface area contributed by atoms with Crippen molar-refractivity contribution >= 4 is 21.6 Å². The Kier molecular flexibility index (Phi) is 4.69. The van der Waals surface area contributed by atoms with Gasteiger partial charge in [0.05, 0.1) is 24.6 Å². The first-order valence-corrected chi connectivity index (χ1v) is 7.76. The van der Waals surface area contributed by atoms with Crippen molar-refractivity contribution in [3.05, 3.63) is 0 Å². The summed E-state index contributed by atoms with van der Waals surface area (Å²) in [4.78, 5) is 0. The van der Waals surface area contributed by atoms with Crippen molar-refractivity contribution in [1.82, 2.24) is 0 Å². The summed E-state index contributed by atoms with van der Waals surface area (Å²) in [6, 6.07) is 0. The maximum Gasteiger partial charge on any atom is 0.147 e.